The molecule has 100 valence electrons. The van der Waals surface area contributed by atoms with Gasteiger partial charge in [0.25, 0.3) is 0 Å². The van der Waals surface area contributed by atoms with Crippen LogP contribution in [0, 0.1) is 5.92 Å². The molecule has 1 amide bonds. The Balaban J connectivity index is 1.75. The number of nitrogens with one attached hydrogen (secondary N) is 1. The van der Waals surface area contributed by atoms with E-state index in [0.29, 0.717) is 24.9 Å². The van der Waals surface area contributed by atoms with Crippen molar-refractivity contribution >= 4 is 17.2 Å². The summed E-state index contributed by atoms with van der Waals surface area (Å²) in [6.07, 6.45) is 6.15. The van der Waals surface area contributed by atoms with Crippen molar-refractivity contribution in [3.8, 4) is 0 Å². The molecule has 1 aliphatic rings. The maximum atomic E-state index is 11.9. The zero-order chi connectivity index (χ0) is 12.8. The third kappa shape index (κ3) is 3.82. The monoisotopic (exact) mass is 266 g/mol. The molecule has 0 saturated heterocycles. The molecule has 3 N–H and O–H groups in total. The normalized spacial score (nSPS) is 23.8. The number of rotatable bonds is 5. The molecule has 4 heteroatoms. The van der Waals surface area contributed by atoms with E-state index >= 15 is 0 Å². The molecule has 1 saturated carbocycles. The topological polar surface area (TPSA) is 55.1 Å². The molecule has 2 rings (SSSR count). The van der Waals surface area contributed by atoms with Gasteiger partial charge in [-0.2, -0.15) is 11.3 Å². The number of amides is 1. The molecule has 1 fully saturated rings. The highest BCUT2D eigenvalue weighted by atomic mass is 32.1. The van der Waals surface area contributed by atoms with Crippen LogP contribution in [0.5, 0.6) is 0 Å². The van der Waals surface area contributed by atoms with Crippen LogP contribution in [0.1, 0.15) is 37.7 Å². The maximum Gasteiger partial charge on any atom is 0.220 e. The quantitative estimate of drug-likeness (QED) is 0.859. The van der Waals surface area contributed by atoms with Crippen molar-refractivity contribution in [1.82, 2.24) is 5.32 Å². The van der Waals surface area contributed by atoms with E-state index in [2.05, 4.69) is 22.1 Å². The number of thiophene rings is 1. The summed E-state index contributed by atoms with van der Waals surface area (Å²) in [5.41, 5.74) is 7.03. The Hall–Kier alpha value is -0.870. The summed E-state index contributed by atoms with van der Waals surface area (Å²) < 4.78 is 0. The number of aryl methyl sites for hydroxylation is 1. The molecule has 0 bridgehead atoms. The van der Waals surface area contributed by atoms with Crippen molar-refractivity contribution in [1.29, 1.82) is 0 Å². The third-order valence-electron chi connectivity index (χ3n) is 3.78. The number of hydrogen-bond acceptors (Lipinski definition) is 3. The highest BCUT2D eigenvalue weighted by molar-refractivity contribution is 7.07. The number of hydrogen-bond donors (Lipinski definition) is 2. The summed E-state index contributed by atoms with van der Waals surface area (Å²) in [7, 11) is 0. The van der Waals surface area contributed by atoms with Crippen LogP contribution in [0.15, 0.2) is 16.8 Å². The largest absolute Gasteiger partial charge is 0.353 e. The predicted octanol–water partition coefficient (Wildman–Crippen LogP) is 2.31. The van der Waals surface area contributed by atoms with Crippen molar-refractivity contribution in [3.05, 3.63) is 22.4 Å². The van der Waals surface area contributed by atoms with Crippen molar-refractivity contribution in [2.45, 2.75) is 44.6 Å². The highest BCUT2D eigenvalue weighted by Crippen LogP contribution is 2.23. The Morgan fingerprint density at radius 1 is 1.44 bits per heavy atom. The van der Waals surface area contributed by atoms with Crippen molar-refractivity contribution < 1.29 is 4.79 Å². The fraction of sp³-hybridized carbons (Fsp3) is 0.643. The fourth-order valence-corrected chi connectivity index (χ4v) is 3.35. The minimum Gasteiger partial charge on any atom is -0.353 e. The van der Waals surface area contributed by atoms with E-state index in [-0.39, 0.29) is 5.91 Å². The van der Waals surface area contributed by atoms with Crippen LogP contribution in [0.4, 0.5) is 0 Å². The van der Waals surface area contributed by atoms with E-state index < -0.39 is 0 Å². The predicted molar refractivity (Wildman–Crippen MR) is 75.6 cm³/mol. The summed E-state index contributed by atoms with van der Waals surface area (Å²) in [4.78, 5) is 11.9. The molecule has 0 radical (unpaired) electrons. The molecular formula is C14H22N2OS. The molecular weight excluding hydrogens is 244 g/mol. The SMILES string of the molecule is NCC1CCCCC1NC(=O)CCc1ccsc1. The van der Waals surface area contributed by atoms with Crippen LogP contribution in [-0.2, 0) is 11.2 Å². The molecule has 2 atom stereocenters. The van der Waals surface area contributed by atoms with Crippen molar-refractivity contribution in [2.75, 3.05) is 6.54 Å². The Bertz CT molecular complexity index is 364. The van der Waals surface area contributed by atoms with E-state index in [1.165, 1.54) is 18.4 Å². The maximum absolute atomic E-state index is 11.9. The van der Waals surface area contributed by atoms with Gasteiger partial charge >= 0.3 is 0 Å². The summed E-state index contributed by atoms with van der Waals surface area (Å²) >= 11 is 1.68. The van der Waals surface area contributed by atoms with E-state index in [1.54, 1.807) is 11.3 Å². The van der Waals surface area contributed by atoms with E-state index in [1.807, 2.05) is 0 Å². The van der Waals surface area contributed by atoms with Crippen LogP contribution in [0.25, 0.3) is 0 Å². The van der Waals surface area contributed by atoms with Crippen LogP contribution in [0.3, 0.4) is 0 Å². The molecule has 3 nitrogen and oxygen atoms in total. The van der Waals surface area contributed by atoms with Gasteiger partial charge in [-0.25, -0.2) is 0 Å². The van der Waals surface area contributed by atoms with Crippen molar-refractivity contribution in [3.63, 3.8) is 0 Å². The fourth-order valence-electron chi connectivity index (χ4n) is 2.65. The summed E-state index contributed by atoms with van der Waals surface area (Å²) in [6.45, 7) is 0.690. The molecule has 0 spiro atoms. The number of carbonyl (C=O) groups excluding carboxylic acids is 1. The third-order valence-corrected chi connectivity index (χ3v) is 4.51. The van der Waals surface area contributed by atoms with Gasteiger partial charge in [0, 0.05) is 12.5 Å². The van der Waals surface area contributed by atoms with Gasteiger partial charge in [-0.15, -0.1) is 0 Å². The lowest BCUT2D eigenvalue weighted by atomic mass is 9.84. The Kier molecular flexibility index (Phi) is 5.20. The molecule has 1 aromatic rings. The second kappa shape index (κ2) is 6.90. The lowest BCUT2D eigenvalue weighted by Gasteiger charge is -2.31. The first-order chi connectivity index (χ1) is 8.79. The molecule has 1 aromatic heterocycles. The van der Waals surface area contributed by atoms with Gasteiger partial charge in [-0.1, -0.05) is 12.8 Å². The molecule has 1 heterocycles. The lowest BCUT2D eigenvalue weighted by molar-refractivity contribution is -0.122. The summed E-state index contributed by atoms with van der Waals surface area (Å²) in [5, 5.41) is 7.33. The first kappa shape index (κ1) is 13.6. The molecule has 0 aromatic carbocycles. The zero-order valence-electron chi connectivity index (χ0n) is 10.7. The number of nitrogens with two attached hydrogens (primary N) is 1. The second-order valence-electron chi connectivity index (χ2n) is 5.09. The highest BCUT2D eigenvalue weighted by Gasteiger charge is 2.24. The van der Waals surface area contributed by atoms with E-state index in [0.717, 1.165) is 19.3 Å². The molecule has 0 aliphatic heterocycles. The average molecular weight is 266 g/mol. The summed E-state index contributed by atoms with van der Waals surface area (Å²) in [6, 6.07) is 2.39. The van der Waals surface area contributed by atoms with Crippen LogP contribution >= 0.6 is 11.3 Å². The van der Waals surface area contributed by atoms with E-state index in [9.17, 15) is 4.79 Å². The minimum absolute atomic E-state index is 0.173. The first-order valence-electron chi connectivity index (χ1n) is 6.80. The smallest absolute Gasteiger partial charge is 0.220 e. The molecule has 1 aliphatic carbocycles. The van der Waals surface area contributed by atoms with Crippen molar-refractivity contribution in [2.24, 2.45) is 11.7 Å². The molecule has 2 unspecified atom stereocenters. The van der Waals surface area contributed by atoms with E-state index in [4.69, 9.17) is 5.73 Å². The Labute approximate surface area is 113 Å². The standard InChI is InChI=1S/C14H22N2OS/c15-9-12-3-1-2-4-13(12)16-14(17)6-5-11-7-8-18-10-11/h7-8,10,12-13H,1-6,9,15H2,(H,16,17). The summed E-state index contributed by atoms with van der Waals surface area (Å²) in [5.74, 6) is 0.649. The average Bonchev–Trinajstić information content (AvgIpc) is 2.90. The second-order valence-corrected chi connectivity index (χ2v) is 5.87. The van der Waals surface area contributed by atoms with Gasteiger partial charge in [0.15, 0.2) is 0 Å². The van der Waals surface area contributed by atoms with Gasteiger partial charge in [-0.05, 0) is 54.1 Å². The zero-order valence-corrected chi connectivity index (χ0v) is 11.5. The lowest BCUT2D eigenvalue weighted by Crippen LogP contribution is -2.44. The van der Waals surface area contributed by atoms with Gasteiger partial charge < -0.3 is 11.1 Å². The Morgan fingerprint density at radius 3 is 3.00 bits per heavy atom. The first-order valence-corrected chi connectivity index (χ1v) is 7.74. The Morgan fingerprint density at radius 2 is 2.28 bits per heavy atom. The van der Waals surface area contributed by atoms with Gasteiger partial charge in [-0.3, -0.25) is 4.79 Å². The van der Waals surface area contributed by atoms with Gasteiger partial charge in [0.05, 0.1) is 0 Å². The van der Waals surface area contributed by atoms with Crippen LogP contribution in [0.2, 0.25) is 0 Å². The number of carbonyl (C=O) groups is 1. The minimum atomic E-state index is 0.173. The van der Waals surface area contributed by atoms with Crippen LogP contribution in [-0.4, -0.2) is 18.5 Å². The van der Waals surface area contributed by atoms with Gasteiger partial charge in [0.1, 0.15) is 0 Å². The van der Waals surface area contributed by atoms with Crippen LogP contribution < -0.4 is 11.1 Å². The molecule has 18 heavy (non-hydrogen) atoms. The van der Waals surface area contributed by atoms with Gasteiger partial charge in [0.2, 0.25) is 5.91 Å².